The summed E-state index contributed by atoms with van der Waals surface area (Å²) in [5, 5.41) is 2.84. The third-order valence-corrected chi connectivity index (χ3v) is 5.47. The second-order valence-electron chi connectivity index (χ2n) is 7.01. The van der Waals surface area contributed by atoms with E-state index in [1.807, 2.05) is 12.1 Å². The van der Waals surface area contributed by atoms with E-state index >= 15 is 0 Å². The standard InChI is InChI=1S/C22H24BrN3O5/c1-15(27)25-9-11-26(12-10-25)20-8-3-16(22(29)30-2)13-19(20)24-21(28)14-31-18-6-4-17(23)5-7-18/h3-8,13H,9-12,14H2,1-2H3,(H,24,28). The highest BCUT2D eigenvalue weighted by Gasteiger charge is 2.22. The molecule has 164 valence electrons. The summed E-state index contributed by atoms with van der Waals surface area (Å²) < 4.78 is 11.3. The van der Waals surface area contributed by atoms with Gasteiger partial charge < -0.3 is 24.6 Å². The van der Waals surface area contributed by atoms with Crippen molar-refractivity contribution in [2.75, 3.05) is 50.1 Å². The SMILES string of the molecule is COC(=O)c1ccc(N2CCN(C(C)=O)CC2)c(NC(=O)COc2ccc(Br)cc2)c1. The van der Waals surface area contributed by atoms with Crippen molar-refractivity contribution in [3.63, 3.8) is 0 Å². The number of nitrogens with zero attached hydrogens (tertiary/aromatic N) is 2. The lowest BCUT2D eigenvalue weighted by atomic mass is 10.1. The van der Waals surface area contributed by atoms with Crippen molar-refractivity contribution in [3.05, 3.63) is 52.5 Å². The number of amides is 2. The highest BCUT2D eigenvalue weighted by molar-refractivity contribution is 9.10. The van der Waals surface area contributed by atoms with E-state index in [0.29, 0.717) is 43.2 Å². The van der Waals surface area contributed by atoms with Gasteiger partial charge >= 0.3 is 5.97 Å². The molecule has 1 saturated heterocycles. The first-order valence-electron chi connectivity index (χ1n) is 9.78. The van der Waals surface area contributed by atoms with Crippen molar-refractivity contribution in [2.24, 2.45) is 0 Å². The lowest BCUT2D eigenvalue weighted by Crippen LogP contribution is -2.48. The van der Waals surface area contributed by atoms with E-state index < -0.39 is 5.97 Å². The molecule has 9 heteroatoms. The molecule has 0 bridgehead atoms. The Morgan fingerprint density at radius 2 is 1.71 bits per heavy atom. The number of halogens is 1. The molecular formula is C22H24BrN3O5. The maximum Gasteiger partial charge on any atom is 0.337 e. The van der Waals surface area contributed by atoms with Crippen molar-refractivity contribution in [1.29, 1.82) is 0 Å². The largest absolute Gasteiger partial charge is 0.484 e. The first kappa shape index (κ1) is 22.6. The van der Waals surface area contributed by atoms with Gasteiger partial charge in [-0.25, -0.2) is 4.79 Å². The fourth-order valence-electron chi connectivity index (χ4n) is 3.28. The van der Waals surface area contributed by atoms with Crippen LogP contribution in [-0.4, -0.2) is 62.6 Å². The maximum atomic E-state index is 12.5. The Bertz CT molecular complexity index is 956. The molecule has 1 aliphatic rings. The van der Waals surface area contributed by atoms with E-state index in [0.717, 1.165) is 10.2 Å². The summed E-state index contributed by atoms with van der Waals surface area (Å²) in [6.07, 6.45) is 0. The van der Waals surface area contributed by atoms with Crippen LogP contribution in [0.4, 0.5) is 11.4 Å². The molecule has 1 fully saturated rings. The fourth-order valence-corrected chi connectivity index (χ4v) is 3.55. The Hall–Kier alpha value is -3.07. The number of carbonyl (C=O) groups is 3. The molecule has 0 atom stereocenters. The van der Waals surface area contributed by atoms with E-state index in [1.54, 1.807) is 42.2 Å². The van der Waals surface area contributed by atoms with Crippen LogP contribution in [0.25, 0.3) is 0 Å². The third kappa shape index (κ3) is 5.97. The van der Waals surface area contributed by atoms with Crippen LogP contribution in [0.15, 0.2) is 46.9 Å². The summed E-state index contributed by atoms with van der Waals surface area (Å²) in [5.74, 6) is -0.232. The zero-order valence-corrected chi connectivity index (χ0v) is 19.0. The van der Waals surface area contributed by atoms with E-state index in [9.17, 15) is 14.4 Å². The smallest absolute Gasteiger partial charge is 0.337 e. The first-order chi connectivity index (χ1) is 14.9. The highest BCUT2D eigenvalue weighted by Crippen LogP contribution is 2.29. The molecule has 2 amide bonds. The molecule has 0 aliphatic carbocycles. The van der Waals surface area contributed by atoms with Gasteiger partial charge in [-0.05, 0) is 42.5 Å². The van der Waals surface area contributed by atoms with Crippen LogP contribution in [0.5, 0.6) is 5.75 Å². The minimum absolute atomic E-state index is 0.0410. The quantitative estimate of drug-likeness (QED) is 0.627. The Morgan fingerprint density at radius 1 is 1.03 bits per heavy atom. The third-order valence-electron chi connectivity index (χ3n) is 4.94. The van der Waals surface area contributed by atoms with Crippen LogP contribution in [0, 0.1) is 0 Å². The van der Waals surface area contributed by atoms with E-state index in [1.165, 1.54) is 7.11 Å². The van der Waals surface area contributed by atoms with E-state index in [-0.39, 0.29) is 18.4 Å². The molecule has 2 aromatic rings. The van der Waals surface area contributed by atoms with Crippen LogP contribution in [0.3, 0.4) is 0 Å². The summed E-state index contributed by atoms with van der Waals surface area (Å²) in [7, 11) is 1.31. The van der Waals surface area contributed by atoms with Crippen molar-refractivity contribution < 1.29 is 23.9 Å². The molecule has 1 heterocycles. The summed E-state index contributed by atoms with van der Waals surface area (Å²) in [4.78, 5) is 40.0. The number of hydrogen-bond acceptors (Lipinski definition) is 6. The molecule has 31 heavy (non-hydrogen) atoms. The maximum absolute atomic E-state index is 12.5. The van der Waals surface area contributed by atoms with E-state index in [2.05, 4.69) is 26.1 Å². The van der Waals surface area contributed by atoms with Crippen LogP contribution < -0.4 is 15.0 Å². The lowest BCUT2D eigenvalue weighted by molar-refractivity contribution is -0.129. The Labute approximate surface area is 189 Å². The zero-order chi connectivity index (χ0) is 22.4. The van der Waals surface area contributed by atoms with Gasteiger partial charge in [-0.15, -0.1) is 0 Å². The van der Waals surface area contributed by atoms with Gasteiger partial charge in [0.2, 0.25) is 5.91 Å². The summed E-state index contributed by atoms with van der Waals surface area (Å²) in [6.45, 7) is 3.80. The van der Waals surface area contributed by atoms with Crippen molar-refractivity contribution >= 4 is 45.1 Å². The summed E-state index contributed by atoms with van der Waals surface area (Å²) in [5.41, 5.74) is 1.59. The normalized spacial score (nSPS) is 13.5. The van der Waals surface area contributed by atoms with Crippen molar-refractivity contribution in [2.45, 2.75) is 6.92 Å². The zero-order valence-electron chi connectivity index (χ0n) is 17.4. The van der Waals surface area contributed by atoms with Crippen molar-refractivity contribution in [3.8, 4) is 5.75 Å². The van der Waals surface area contributed by atoms with Gasteiger partial charge in [-0.2, -0.15) is 0 Å². The minimum Gasteiger partial charge on any atom is -0.484 e. The highest BCUT2D eigenvalue weighted by atomic mass is 79.9. The van der Waals surface area contributed by atoms with Crippen LogP contribution in [-0.2, 0) is 14.3 Å². The molecule has 8 nitrogen and oxygen atoms in total. The number of rotatable bonds is 6. The van der Waals surface area contributed by atoms with Gasteiger partial charge in [0.1, 0.15) is 5.75 Å². The van der Waals surface area contributed by atoms with Crippen molar-refractivity contribution in [1.82, 2.24) is 4.90 Å². The van der Waals surface area contributed by atoms with Gasteiger partial charge in [0.25, 0.3) is 5.91 Å². The second kappa shape index (κ2) is 10.3. The molecule has 0 unspecified atom stereocenters. The van der Waals surface area contributed by atoms with Gasteiger partial charge in [0, 0.05) is 37.6 Å². The number of nitrogens with one attached hydrogen (secondary N) is 1. The predicted octanol–water partition coefficient (Wildman–Crippen LogP) is 2.92. The van der Waals surface area contributed by atoms with E-state index in [4.69, 9.17) is 9.47 Å². The number of carbonyl (C=O) groups excluding carboxylic acids is 3. The number of piperazine rings is 1. The van der Waals surface area contributed by atoms with Gasteiger partial charge in [0.15, 0.2) is 6.61 Å². The average molecular weight is 490 g/mol. The van der Waals surface area contributed by atoms with Gasteiger partial charge in [0.05, 0.1) is 24.0 Å². The number of anilines is 2. The molecule has 0 radical (unpaired) electrons. The summed E-state index contributed by atoms with van der Waals surface area (Å²) >= 11 is 3.35. The Kier molecular flexibility index (Phi) is 7.51. The summed E-state index contributed by atoms with van der Waals surface area (Å²) in [6, 6.07) is 12.2. The number of ether oxygens (including phenoxy) is 2. The molecule has 0 spiro atoms. The number of hydrogen-bond donors (Lipinski definition) is 1. The van der Waals surface area contributed by atoms with Crippen LogP contribution in [0.1, 0.15) is 17.3 Å². The predicted molar refractivity (Wildman–Crippen MR) is 121 cm³/mol. The second-order valence-corrected chi connectivity index (χ2v) is 7.92. The van der Waals surface area contributed by atoms with Gasteiger partial charge in [-0.1, -0.05) is 15.9 Å². The number of methoxy groups -OCH3 is 1. The topological polar surface area (TPSA) is 88.2 Å². The molecule has 0 aromatic heterocycles. The fraction of sp³-hybridized carbons (Fsp3) is 0.318. The lowest BCUT2D eigenvalue weighted by Gasteiger charge is -2.36. The molecular weight excluding hydrogens is 466 g/mol. The number of esters is 1. The van der Waals surface area contributed by atoms with Crippen LogP contribution >= 0.6 is 15.9 Å². The molecule has 2 aromatic carbocycles. The monoisotopic (exact) mass is 489 g/mol. The van der Waals surface area contributed by atoms with Gasteiger partial charge in [-0.3, -0.25) is 9.59 Å². The Balaban J connectivity index is 1.74. The average Bonchev–Trinajstić information content (AvgIpc) is 2.78. The minimum atomic E-state index is -0.491. The molecule has 1 aliphatic heterocycles. The number of benzene rings is 2. The molecule has 0 saturated carbocycles. The van der Waals surface area contributed by atoms with Crippen LogP contribution in [0.2, 0.25) is 0 Å². The molecule has 1 N–H and O–H groups in total. The molecule has 3 rings (SSSR count). The Morgan fingerprint density at radius 3 is 2.32 bits per heavy atom. The first-order valence-corrected chi connectivity index (χ1v) is 10.6.